The fraction of sp³-hybridized carbons (Fsp3) is 0.360. The maximum atomic E-state index is 13.6. The first-order valence-electron chi connectivity index (χ1n) is 10.8. The Balaban J connectivity index is 1.72. The minimum atomic E-state index is -0.307. The minimum absolute atomic E-state index is 0.0483. The number of halogens is 1. The Bertz CT molecular complexity index is 1000. The molecular weight excluding hydrogens is 412 g/mol. The van der Waals surface area contributed by atoms with E-state index in [1.54, 1.807) is 48.5 Å². The number of carbonyl (C=O) groups is 2. The van der Waals surface area contributed by atoms with Crippen molar-refractivity contribution in [3.8, 4) is 5.75 Å². The number of likely N-dealkylation sites (tertiary alicyclic amines) is 1. The summed E-state index contributed by atoms with van der Waals surface area (Å²) in [5.41, 5.74) is 2.18. The summed E-state index contributed by atoms with van der Waals surface area (Å²) in [6.07, 6.45) is 2.05. The third kappa shape index (κ3) is 4.33. The minimum Gasteiger partial charge on any atom is -0.491 e. The molecule has 2 aromatic carbocycles. The van der Waals surface area contributed by atoms with Crippen LogP contribution >= 0.6 is 11.6 Å². The SMILES string of the molecule is CC1CCN(C2=C(c3ccc(Cl)cc3)C(=O)N(c3ccc(OC(C)C)cc3)C2=O)CC1. The number of carbonyl (C=O) groups excluding carboxylic acids is 2. The summed E-state index contributed by atoms with van der Waals surface area (Å²) in [6.45, 7) is 7.66. The Morgan fingerprint density at radius 2 is 1.55 bits per heavy atom. The summed E-state index contributed by atoms with van der Waals surface area (Å²) in [6, 6.07) is 14.2. The van der Waals surface area contributed by atoms with Crippen LogP contribution in [-0.4, -0.2) is 35.9 Å². The molecule has 0 unspecified atom stereocenters. The second-order valence-corrected chi connectivity index (χ2v) is 8.94. The second kappa shape index (κ2) is 8.75. The van der Waals surface area contributed by atoms with Crippen molar-refractivity contribution in [2.75, 3.05) is 18.0 Å². The smallest absolute Gasteiger partial charge is 0.282 e. The monoisotopic (exact) mass is 438 g/mol. The zero-order chi connectivity index (χ0) is 22.1. The molecule has 1 fully saturated rings. The van der Waals surface area contributed by atoms with E-state index in [4.69, 9.17) is 16.3 Å². The Labute approximate surface area is 188 Å². The van der Waals surface area contributed by atoms with Crippen molar-refractivity contribution in [3.05, 3.63) is 64.8 Å². The van der Waals surface area contributed by atoms with Crippen molar-refractivity contribution >= 4 is 34.7 Å². The molecule has 2 heterocycles. The predicted octanol–water partition coefficient (Wildman–Crippen LogP) is 5.14. The molecule has 162 valence electrons. The summed E-state index contributed by atoms with van der Waals surface area (Å²) in [5, 5.41) is 0.590. The Morgan fingerprint density at radius 3 is 2.13 bits per heavy atom. The predicted molar refractivity (Wildman–Crippen MR) is 123 cm³/mol. The fourth-order valence-corrected chi connectivity index (χ4v) is 4.23. The molecule has 0 aliphatic carbocycles. The standard InChI is InChI=1S/C25H27ClN2O3/c1-16(2)31-21-10-8-20(9-11-21)28-24(29)22(18-4-6-19(26)7-5-18)23(25(28)30)27-14-12-17(3)13-15-27/h4-11,16-17H,12-15H2,1-3H3. The number of rotatable bonds is 5. The summed E-state index contributed by atoms with van der Waals surface area (Å²) in [4.78, 5) is 30.4. The molecule has 31 heavy (non-hydrogen) atoms. The zero-order valence-electron chi connectivity index (χ0n) is 18.1. The zero-order valence-corrected chi connectivity index (χ0v) is 18.9. The molecule has 6 heteroatoms. The topological polar surface area (TPSA) is 49.9 Å². The number of hydrogen-bond donors (Lipinski definition) is 0. The average molecular weight is 439 g/mol. The van der Waals surface area contributed by atoms with Crippen LogP contribution in [0.15, 0.2) is 54.2 Å². The summed E-state index contributed by atoms with van der Waals surface area (Å²) < 4.78 is 5.69. The van der Waals surface area contributed by atoms with E-state index in [0.29, 0.717) is 39.2 Å². The maximum absolute atomic E-state index is 13.6. The van der Waals surface area contributed by atoms with Crippen molar-refractivity contribution in [1.29, 1.82) is 0 Å². The number of benzene rings is 2. The number of imide groups is 1. The van der Waals surface area contributed by atoms with E-state index in [9.17, 15) is 9.59 Å². The van der Waals surface area contributed by atoms with Crippen molar-refractivity contribution < 1.29 is 14.3 Å². The highest BCUT2D eigenvalue weighted by Gasteiger charge is 2.43. The Hall–Kier alpha value is -2.79. The first-order valence-corrected chi connectivity index (χ1v) is 11.1. The molecule has 1 saturated heterocycles. The van der Waals surface area contributed by atoms with Crippen LogP contribution < -0.4 is 9.64 Å². The van der Waals surface area contributed by atoms with Crippen LogP contribution in [0.3, 0.4) is 0 Å². The maximum Gasteiger partial charge on any atom is 0.282 e. The quantitative estimate of drug-likeness (QED) is 0.606. The van der Waals surface area contributed by atoms with E-state index in [2.05, 4.69) is 11.8 Å². The first kappa shape index (κ1) is 21.4. The third-order valence-electron chi connectivity index (χ3n) is 5.76. The van der Waals surface area contributed by atoms with E-state index >= 15 is 0 Å². The van der Waals surface area contributed by atoms with E-state index < -0.39 is 0 Å². The lowest BCUT2D eigenvalue weighted by Crippen LogP contribution is -2.38. The number of nitrogens with zero attached hydrogens (tertiary/aromatic N) is 2. The van der Waals surface area contributed by atoms with Gasteiger partial charge in [0.25, 0.3) is 11.8 Å². The molecule has 0 saturated carbocycles. The number of ether oxygens (including phenoxy) is 1. The van der Waals surface area contributed by atoms with E-state index in [0.717, 1.165) is 25.9 Å². The van der Waals surface area contributed by atoms with Crippen LogP contribution in [0.5, 0.6) is 5.75 Å². The Morgan fingerprint density at radius 1 is 0.935 bits per heavy atom. The molecule has 2 amide bonds. The van der Waals surface area contributed by atoms with Crippen molar-refractivity contribution in [1.82, 2.24) is 4.90 Å². The van der Waals surface area contributed by atoms with Crippen LogP contribution in [0, 0.1) is 5.92 Å². The fourth-order valence-electron chi connectivity index (χ4n) is 4.10. The van der Waals surface area contributed by atoms with Crippen LogP contribution in [-0.2, 0) is 9.59 Å². The number of amides is 2. The number of piperidine rings is 1. The lowest BCUT2D eigenvalue weighted by Gasteiger charge is -2.32. The molecule has 5 nitrogen and oxygen atoms in total. The second-order valence-electron chi connectivity index (χ2n) is 8.51. The molecule has 2 aromatic rings. The van der Waals surface area contributed by atoms with Gasteiger partial charge in [-0.15, -0.1) is 0 Å². The lowest BCUT2D eigenvalue weighted by atomic mass is 9.97. The van der Waals surface area contributed by atoms with Gasteiger partial charge in [-0.25, -0.2) is 4.90 Å². The van der Waals surface area contributed by atoms with Gasteiger partial charge in [0, 0.05) is 18.1 Å². The largest absolute Gasteiger partial charge is 0.491 e. The molecule has 4 rings (SSSR count). The van der Waals surface area contributed by atoms with Crippen molar-refractivity contribution in [2.45, 2.75) is 39.7 Å². The van der Waals surface area contributed by atoms with Gasteiger partial charge in [-0.3, -0.25) is 9.59 Å². The molecule has 0 aromatic heterocycles. The Kier molecular flexibility index (Phi) is 6.05. The van der Waals surface area contributed by atoms with E-state index in [-0.39, 0.29) is 17.9 Å². The molecule has 0 spiro atoms. The van der Waals surface area contributed by atoms with Gasteiger partial charge < -0.3 is 9.64 Å². The van der Waals surface area contributed by atoms with Gasteiger partial charge >= 0.3 is 0 Å². The van der Waals surface area contributed by atoms with Crippen LogP contribution in [0.4, 0.5) is 5.69 Å². The van der Waals surface area contributed by atoms with E-state index in [1.165, 1.54) is 4.90 Å². The summed E-state index contributed by atoms with van der Waals surface area (Å²) in [5.74, 6) is 0.738. The first-order chi connectivity index (χ1) is 14.8. The van der Waals surface area contributed by atoms with Gasteiger partial charge in [-0.1, -0.05) is 30.7 Å². The number of anilines is 1. The average Bonchev–Trinajstić information content (AvgIpc) is 3.00. The normalized spacial score (nSPS) is 17.8. The van der Waals surface area contributed by atoms with Crippen LogP contribution in [0.1, 0.15) is 39.2 Å². The van der Waals surface area contributed by atoms with Gasteiger partial charge in [-0.2, -0.15) is 0 Å². The third-order valence-corrected chi connectivity index (χ3v) is 6.01. The van der Waals surface area contributed by atoms with E-state index in [1.807, 2.05) is 13.8 Å². The highest BCUT2D eigenvalue weighted by Crippen LogP contribution is 2.37. The summed E-state index contributed by atoms with van der Waals surface area (Å²) >= 11 is 6.06. The molecule has 0 N–H and O–H groups in total. The van der Waals surface area contributed by atoms with Gasteiger partial charge in [0.2, 0.25) is 0 Å². The van der Waals surface area contributed by atoms with Gasteiger partial charge in [0.05, 0.1) is 17.4 Å². The molecule has 0 radical (unpaired) electrons. The number of hydrogen-bond acceptors (Lipinski definition) is 4. The molecule has 2 aliphatic rings. The van der Waals surface area contributed by atoms with Gasteiger partial charge in [-0.05, 0) is 74.6 Å². The molecule has 2 aliphatic heterocycles. The van der Waals surface area contributed by atoms with Crippen LogP contribution in [0.25, 0.3) is 5.57 Å². The van der Waals surface area contributed by atoms with Gasteiger partial charge in [0.1, 0.15) is 11.4 Å². The van der Waals surface area contributed by atoms with Crippen molar-refractivity contribution in [3.63, 3.8) is 0 Å². The van der Waals surface area contributed by atoms with Crippen LogP contribution in [0.2, 0.25) is 5.02 Å². The molecule has 0 atom stereocenters. The molecule has 0 bridgehead atoms. The highest BCUT2D eigenvalue weighted by molar-refractivity contribution is 6.45. The lowest BCUT2D eigenvalue weighted by molar-refractivity contribution is -0.120. The van der Waals surface area contributed by atoms with Gasteiger partial charge in [0.15, 0.2) is 0 Å². The highest BCUT2D eigenvalue weighted by atomic mass is 35.5. The summed E-state index contributed by atoms with van der Waals surface area (Å²) in [7, 11) is 0. The van der Waals surface area contributed by atoms with Crippen molar-refractivity contribution in [2.24, 2.45) is 5.92 Å². The molecular formula is C25H27ClN2O3.